The molecule has 1 aromatic carbocycles. The van der Waals surface area contributed by atoms with Crippen LogP contribution >= 0.6 is 0 Å². The maximum absolute atomic E-state index is 12.6. The first kappa shape index (κ1) is 15.8. The topological polar surface area (TPSA) is 69.8 Å². The lowest BCUT2D eigenvalue weighted by Crippen LogP contribution is -2.48. The molecule has 1 aliphatic rings. The number of aliphatic hydroxyl groups excluding tert-OH is 1. The van der Waals surface area contributed by atoms with Gasteiger partial charge in [-0.05, 0) is 50.7 Å². The monoisotopic (exact) mass is 291 g/mol. The molecule has 0 aliphatic carbocycles. The van der Waals surface area contributed by atoms with Gasteiger partial charge in [-0.2, -0.15) is 0 Å². The molecule has 21 heavy (non-hydrogen) atoms. The van der Waals surface area contributed by atoms with Gasteiger partial charge in [-0.1, -0.05) is 12.1 Å². The van der Waals surface area contributed by atoms with E-state index in [9.17, 15) is 9.90 Å². The van der Waals surface area contributed by atoms with E-state index in [1.54, 1.807) is 0 Å². The molecule has 1 aliphatic heterocycles. The summed E-state index contributed by atoms with van der Waals surface area (Å²) in [5, 5.41) is 9.25. The second-order valence-corrected chi connectivity index (χ2v) is 5.77. The molecule has 1 aromatic rings. The van der Waals surface area contributed by atoms with Crippen molar-refractivity contribution in [2.24, 2.45) is 0 Å². The van der Waals surface area contributed by atoms with E-state index in [1.807, 2.05) is 29.2 Å². The number of aliphatic hydroxyl groups is 1. The molecule has 1 fully saturated rings. The van der Waals surface area contributed by atoms with E-state index in [-0.39, 0.29) is 18.6 Å². The van der Waals surface area contributed by atoms with Crippen molar-refractivity contribution in [1.82, 2.24) is 9.80 Å². The Morgan fingerprint density at radius 2 is 2.14 bits per heavy atom. The Balaban J connectivity index is 2.01. The minimum atomic E-state index is 0.00894. The molecule has 0 saturated carbocycles. The van der Waals surface area contributed by atoms with Gasteiger partial charge in [-0.3, -0.25) is 4.79 Å². The van der Waals surface area contributed by atoms with Gasteiger partial charge in [0.25, 0.3) is 0 Å². The Labute approximate surface area is 126 Å². The molecule has 1 amide bonds. The molecule has 0 bridgehead atoms. The summed E-state index contributed by atoms with van der Waals surface area (Å²) in [6.45, 7) is 2.42. The molecular weight excluding hydrogens is 266 g/mol. The van der Waals surface area contributed by atoms with Gasteiger partial charge in [0.1, 0.15) is 0 Å². The third kappa shape index (κ3) is 4.44. The van der Waals surface area contributed by atoms with Crippen LogP contribution in [0.2, 0.25) is 0 Å². The first-order valence-electron chi connectivity index (χ1n) is 7.53. The van der Waals surface area contributed by atoms with Crippen LogP contribution in [0.25, 0.3) is 0 Å². The Hall–Kier alpha value is -1.59. The smallest absolute Gasteiger partial charge is 0.227 e. The molecule has 3 N–H and O–H groups in total. The lowest BCUT2D eigenvalue weighted by Gasteiger charge is -2.37. The number of carbonyl (C=O) groups is 1. The number of carbonyl (C=O) groups excluding carboxylic acids is 1. The number of piperidine rings is 1. The number of rotatable bonds is 5. The fourth-order valence-corrected chi connectivity index (χ4v) is 2.90. The summed E-state index contributed by atoms with van der Waals surface area (Å²) < 4.78 is 0. The van der Waals surface area contributed by atoms with Crippen LogP contribution in [0.1, 0.15) is 18.4 Å². The van der Waals surface area contributed by atoms with Crippen LogP contribution in [0.4, 0.5) is 5.69 Å². The van der Waals surface area contributed by atoms with Crippen LogP contribution in [0, 0.1) is 0 Å². The number of hydrogen-bond donors (Lipinski definition) is 2. The third-order valence-electron chi connectivity index (χ3n) is 4.10. The number of anilines is 1. The van der Waals surface area contributed by atoms with Gasteiger partial charge in [0, 0.05) is 18.3 Å². The minimum absolute atomic E-state index is 0.00894. The third-order valence-corrected chi connectivity index (χ3v) is 4.10. The van der Waals surface area contributed by atoms with Gasteiger partial charge >= 0.3 is 0 Å². The minimum Gasteiger partial charge on any atom is -0.399 e. The molecule has 0 radical (unpaired) electrons. The summed E-state index contributed by atoms with van der Waals surface area (Å²) in [6, 6.07) is 7.67. The first-order chi connectivity index (χ1) is 10.1. The normalized spacial score (nSPS) is 16.9. The fraction of sp³-hybridized carbons (Fsp3) is 0.562. The van der Waals surface area contributed by atoms with E-state index in [1.165, 1.54) is 0 Å². The quantitative estimate of drug-likeness (QED) is 0.785. The van der Waals surface area contributed by atoms with Crippen LogP contribution < -0.4 is 5.73 Å². The maximum atomic E-state index is 12.6. The molecule has 1 saturated heterocycles. The van der Waals surface area contributed by atoms with Crippen molar-refractivity contribution in [3.05, 3.63) is 29.8 Å². The Kier molecular flexibility index (Phi) is 5.59. The van der Waals surface area contributed by atoms with Crippen LogP contribution in [0.15, 0.2) is 24.3 Å². The average Bonchev–Trinajstić information content (AvgIpc) is 2.46. The fourth-order valence-electron chi connectivity index (χ4n) is 2.90. The second kappa shape index (κ2) is 7.43. The van der Waals surface area contributed by atoms with Crippen molar-refractivity contribution < 1.29 is 9.90 Å². The van der Waals surface area contributed by atoms with Crippen LogP contribution in [0.5, 0.6) is 0 Å². The zero-order chi connectivity index (χ0) is 15.2. The van der Waals surface area contributed by atoms with Gasteiger partial charge in [-0.25, -0.2) is 0 Å². The SMILES string of the molecule is CN1CCC(N(CCO)C(=O)Cc2cccc(N)c2)CC1. The Bertz CT molecular complexity index is 470. The number of nitrogen functional groups attached to an aromatic ring is 1. The number of benzene rings is 1. The molecular formula is C16H25N3O2. The molecule has 0 unspecified atom stereocenters. The van der Waals surface area contributed by atoms with Crippen molar-refractivity contribution in [1.29, 1.82) is 0 Å². The molecule has 116 valence electrons. The Morgan fingerprint density at radius 3 is 2.76 bits per heavy atom. The molecule has 1 heterocycles. The van der Waals surface area contributed by atoms with Gasteiger partial charge in [0.2, 0.25) is 5.91 Å². The summed E-state index contributed by atoms with van der Waals surface area (Å²) in [6.07, 6.45) is 2.29. The zero-order valence-electron chi connectivity index (χ0n) is 12.7. The lowest BCUT2D eigenvalue weighted by atomic mass is 10.0. The highest BCUT2D eigenvalue weighted by atomic mass is 16.3. The summed E-state index contributed by atoms with van der Waals surface area (Å²) in [5.41, 5.74) is 7.36. The summed E-state index contributed by atoms with van der Waals surface area (Å²) in [5.74, 6) is 0.0733. The van der Waals surface area contributed by atoms with E-state index >= 15 is 0 Å². The molecule has 5 heteroatoms. The molecule has 5 nitrogen and oxygen atoms in total. The summed E-state index contributed by atoms with van der Waals surface area (Å²) >= 11 is 0. The van der Waals surface area contributed by atoms with E-state index < -0.39 is 0 Å². The first-order valence-corrected chi connectivity index (χ1v) is 7.53. The Morgan fingerprint density at radius 1 is 1.43 bits per heavy atom. The summed E-state index contributed by atoms with van der Waals surface area (Å²) in [7, 11) is 2.10. The molecule has 0 atom stereocenters. The second-order valence-electron chi connectivity index (χ2n) is 5.77. The lowest BCUT2D eigenvalue weighted by molar-refractivity contribution is -0.134. The molecule has 0 spiro atoms. The highest BCUT2D eigenvalue weighted by Gasteiger charge is 2.26. The molecule has 0 aromatic heterocycles. The van der Waals surface area contributed by atoms with E-state index in [0.717, 1.165) is 31.5 Å². The number of amides is 1. The van der Waals surface area contributed by atoms with E-state index in [2.05, 4.69) is 11.9 Å². The van der Waals surface area contributed by atoms with Gasteiger partial charge in [0.05, 0.1) is 13.0 Å². The standard InChI is InChI=1S/C16H25N3O2/c1-18-7-5-15(6-8-18)19(9-10-20)16(21)12-13-3-2-4-14(17)11-13/h2-4,11,15,20H,5-10,12,17H2,1H3. The van der Waals surface area contributed by atoms with Crippen molar-refractivity contribution in [3.63, 3.8) is 0 Å². The van der Waals surface area contributed by atoms with Crippen LogP contribution in [-0.4, -0.2) is 60.1 Å². The van der Waals surface area contributed by atoms with Crippen LogP contribution in [-0.2, 0) is 11.2 Å². The highest BCUT2D eigenvalue weighted by Crippen LogP contribution is 2.17. The predicted octanol–water partition coefficient (Wildman–Crippen LogP) is 0.726. The van der Waals surface area contributed by atoms with E-state index in [0.29, 0.717) is 18.7 Å². The van der Waals surface area contributed by atoms with Gasteiger partial charge in [-0.15, -0.1) is 0 Å². The van der Waals surface area contributed by atoms with Gasteiger partial charge in [0.15, 0.2) is 0 Å². The van der Waals surface area contributed by atoms with Crippen molar-refractivity contribution in [3.8, 4) is 0 Å². The van der Waals surface area contributed by atoms with Gasteiger partial charge < -0.3 is 20.6 Å². The largest absolute Gasteiger partial charge is 0.399 e. The predicted molar refractivity (Wildman–Crippen MR) is 83.9 cm³/mol. The van der Waals surface area contributed by atoms with Crippen molar-refractivity contribution >= 4 is 11.6 Å². The molecule has 2 rings (SSSR count). The zero-order valence-corrected chi connectivity index (χ0v) is 12.7. The summed E-state index contributed by atoms with van der Waals surface area (Å²) in [4.78, 5) is 16.7. The van der Waals surface area contributed by atoms with Crippen molar-refractivity contribution in [2.45, 2.75) is 25.3 Å². The highest BCUT2D eigenvalue weighted by molar-refractivity contribution is 5.79. The number of nitrogens with two attached hydrogens (primary N) is 1. The average molecular weight is 291 g/mol. The van der Waals surface area contributed by atoms with Crippen LogP contribution in [0.3, 0.4) is 0 Å². The van der Waals surface area contributed by atoms with Crippen molar-refractivity contribution in [2.75, 3.05) is 39.0 Å². The van der Waals surface area contributed by atoms with E-state index in [4.69, 9.17) is 5.73 Å². The number of likely N-dealkylation sites (tertiary alicyclic amines) is 1. The number of hydrogen-bond acceptors (Lipinski definition) is 4. The maximum Gasteiger partial charge on any atom is 0.227 e. The number of nitrogens with zero attached hydrogens (tertiary/aromatic N) is 2.